The zero-order chi connectivity index (χ0) is 14.3. The van der Waals surface area contributed by atoms with Crippen molar-refractivity contribution in [3.8, 4) is 5.75 Å². The van der Waals surface area contributed by atoms with Gasteiger partial charge in [-0.25, -0.2) is 4.39 Å². The summed E-state index contributed by atoms with van der Waals surface area (Å²) >= 11 is 0. The minimum atomic E-state index is -0.326. The number of unbranched alkanes of at least 4 members (excludes halogenated alkanes) is 1. The van der Waals surface area contributed by atoms with Crippen LogP contribution in [0.15, 0.2) is 18.2 Å². The second kappa shape index (κ2) is 7.46. The molecule has 0 amide bonds. The van der Waals surface area contributed by atoms with E-state index < -0.39 is 0 Å². The molecule has 0 radical (unpaired) electrons. The minimum absolute atomic E-state index is 0.147. The Kier molecular flexibility index (Phi) is 6.25. The smallest absolute Gasteiger partial charge is 0.165 e. The molecule has 0 fully saturated rings. The molecular formula is C15H24FNO2. The van der Waals surface area contributed by atoms with E-state index in [1.165, 1.54) is 13.2 Å². The predicted molar refractivity (Wildman–Crippen MR) is 75.2 cm³/mol. The molecule has 0 aliphatic carbocycles. The molecule has 19 heavy (non-hydrogen) atoms. The molecule has 0 aliphatic rings. The molecule has 0 atom stereocenters. The number of aliphatic hydroxyl groups is 1. The average Bonchev–Trinajstić information content (AvgIpc) is 2.38. The summed E-state index contributed by atoms with van der Waals surface area (Å²) in [5.74, 6) is -0.0520. The summed E-state index contributed by atoms with van der Waals surface area (Å²) in [7, 11) is 1.46. The van der Waals surface area contributed by atoms with Gasteiger partial charge < -0.3 is 15.2 Å². The van der Waals surface area contributed by atoms with E-state index in [4.69, 9.17) is 9.84 Å². The molecule has 0 aromatic heterocycles. The number of methoxy groups -OCH3 is 1. The largest absolute Gasteiger partial charge is 0.494 e. The third-order valence-corrected chi connectivity index (χ3v) is 3.26. The highest BCUT2D eigenvalue weighted by Crippen LogP contribution is 2.27. The summed E-state index contributed by atoms with van der Waals surface area (Å²) in [5.41, 5.74) is 0.798. The van der Waals surface area contributed by atoms with Crippen molar-refractivity contribution in [2.24, 2.45) is 0 Å². The number of rotatable bonds is 8. The van der Waals surface area contributed by atoms with Crippen LogP contribution in [-0.2, 0) is 5.41 Å². The van der Waals surface area contributed by atoms with Gasteiger partial charge in [0.15, 0.2) is 11.6 Å². The molecule has 0 spiro atoms. The van der Waals surface area contributed by atoms with E-state index in [2.05, 4.69) is 19.2 Å². The molecule has 0 heterocycles. The van der Waals surface area contributed by atoms with Gasteiger partial charge in [-0.3, -0.25) is 0 Å². The van der Waals surface area contributed by atoms with Gasteiger partial charge >= 0.3 is 0 Å². The van der Waals surface area contributed by atoms with Crippen LogP contribution in [0.4, 0.5) is 4.39 Å². The van der Waals surface area contributed by atoms with Crippen molar-refractivity contribution in [2.75, 3.05) is 26.8 Å². The van der Waals surface area contributed by atoms with Crippen LogP contribution in [0.25, 0.3) is 0 Å². The zero-order valence-electron chi connectivity index (χ0n) is 12.0. The van der Waals surface area contributed by atoms with Gasteiger partial charge in [0, 0.05) is 18.6 Å². The van der Waals surface area contributed by atoms with Crippen LogP contribution in [0, 0.1) is 5.82 Å². The molecule has 0 aliphatic heterocycles. The second-order valence-electron chi connectivity index (χ2n) is 5.34. The molecule has 3 nitrogen and oxygen atoms in total. The van der Waals surface area contributed by atoms with Crippen molar-refractivity contribution >= 4 is 0 Å². The Morgan fingerprint density at radius 2 is 2.05 bits per heavy atom. The molecule has 1 aromatic rings. The molecule has 2 N–H and O–H groups in total. The molecule has 1 aromatic carbocycles. The Morgan fingerprint density at radius 1 is 1.32 bits per heavy atom. The van der Waals surface area contributed by atoms with Crippen LogP contribution in [0.1, 0.15) is 32.3 Å². The number of hydrogen-bond acceptors (Lipinski definition) is 3. The van der Waals surface area contributed by atoms with Crippen molar-refractivity contribution in [2.45, 2.75) is 32.1 Å². The van der Waals surface area contributed by atoms with E-state index in [9.17, 15) is 4.39 Å². The molecule has 4 heteroatoms. The predicted octanol–water partition coefficient (Wildman–Crippen LogP) is 2.47. The Bertz CT molecular complexity index is 394. The number of ether oxygens (including phenoxy) is 1. The molecular weight excluding hydrogens is 245 g/mol. The third-order valence-electron chi connectivity index (χ3n) is 3.26. The van der Waals surface area contributed by atoms with Gasteiger partial charge in [0.25, 0.3) is 0 Å². The Hall–Kier alpha value is -1.13. The fourth-order valence-electron chi connectivity index (χ4n) is 1.95. The van der Waals surface area contributed by atoms with Crippen molar-refractivity contribution < 1.29 is 14.2 Å². The lowest BCUT2D eigenvalue weighted by molar-refractivity contribution is 0.283. The normalized spacial score (nSPS) is 11.6. The standard InChI is InChI=1S/C15H24FNO2/c1-15(2,11-17-8-4-5-9-18)12-6-7-14(19-3)13(16)10-12/h6-7,10,17-18H,4-5,8-9,11H2,1-3H3. The monoisotopic (exact) mass is 269 g/mol. The number of nitrogens with one attached hydrogen (secondary N) is 1. The number of hydrogen-bond donors (Lipinski definition) is 2. The number of benzene rings is 1. The van der Waals surface area contributed by atoms with E-state index in [1.807, 2.05) is 6.07 Å². The first kappa shape index (κ1) is 15.9. The Balaban J connectivity index is 2.58. The molecule has 108 valence electrons. The third kappa shape index (κ3) is 4.80. The van der Waals surface area contributed by atoms with E-state index in [-0.39, 0.29) is 23.6 Å². The maximum atomic E-state index is 13.7. The van der Waals surface area contributed by atoms with Gasteiger partial charge in [-0.1, -0.05) is 19.9 Å². The van der Waals surface area contributed by atoms with Crippen molar-refractivity contribution in [3.63, 3.8) is 0 Å². The second-order valence-corrected chi connectivity index (χ2v) is 5.34. The minimum Gasteiger partial charge on any atom is -0.494 e. The van der Waals surface area contributed by atoms with Gasteiger partial charge in [0.1, 0.15) is 0 Å². The van der Waals surface area contributed by atoms with E-state index in [0.29, 0.717) is 0 Å². The van der Waals surface area contributed by atoms with Crippen LogP contribution in [0.3, 0.4) is 0 Å². The van der Waals surface area contributed by atoms with E-state index >= 15 is 0 Å². The highest BCUT2D eigenvalue weighted by Gasteiger charge is 2.21. The highest BCUT2D eigenvalue weighted by molar-refractivity contribution is 5.33. The lowest BCUT2D eigenvalue weighted by Crippen LogP contribution is -2.33. The lowest BCUT2D eigenvalue weighted by Gasteiger charge is -2.26. The summed E-state index contributed by atoms with van der Waals surface area (Å²) in [4.78, 5) is 0. The molecule has 0 unspecified atom stereocenters. The average molecular weight is 269 g/mol. The fraction of sp³-hybridized carbons (Fsp3) is 0.600. The first-order valence-electron chi connectivity index (χ1n) is 6.67. The fourth-order valence-corrected chi connectivity index (χ4v) is 1.95. The SMILES string of the molecule is COc1ccc(C(C)(C)CNCCCCO)cc1F. The van der Waals surface area contributed by atoms with Crippen LogP contribution >= 0.6 is 0 Å². The van der Waals surface area contributed by atoms with E-state index in [1.54, 1.807) is 6.07 Å². The van der Waals surface area contributed by atoms with Crippen molar-refractivity contribution in [1.29, 1.82) is 0 Å². The first-order valence-corrected chi connectivity index (χ1v) is 6.67. The molecule has 0 saturated carbocycles. The molecule has 0 bridgehead atoms. The summed E-state index contributed by atoms with van der Waals surface area (Å²) in [6.45, 7) is 6.02. The quantitative estimate of drug-likeness (QED) is 0.712. The van der Waals surface area contributed by atoms with Gasteiger partial charge in [-0.15, -0.1) is 0 Å². The topological polar surface area (TPSA) is 41.5 Å². The van der Waals surface area contributed by atoms with Crippen LogP contribution in [-0.4, -0.2) is 31.9 Å². The Morgan fingerprint density at radius 3 is 2.63 bits per heavy atom. The first-order chi connectivity index (χ1) is 9.01. The highest BCUT2D eigenvalue weighted by atomic mass is 19.1. The van der Waals surface area contributed by atoms with Gasteiger partial charge in [-0.05, 0) is 37.1 Å². The Labute approximate surface area is 114 Å². The van der Waals surface area contributed by atoms with Crippen molar-refractivity contribution in [1.82, 2.24) is 5.32 Å². The zero-order valence-corrected chi connectivity index (χ0v) is 12.0. The summed E-state index contributed by atoms with van der Waals surface area (Å²) < 4.78 is 18.6. The summed E-state index contributed by atoms with van der Waals surface area (Å²) in [5, 5.41) is 12.0. The summed E-state index contributed by atoms with van der Waals surface area (Å²) in [6, 6.07) is 5.10. The van der Waals surface area contributed by atoms with Gasteiger partial charge in [0.05, 0.1) is 7.11 Å². The maximum absolute atomic E-state index is 13.7. The maximum Gasteiger partial charge on any atom is 0.165 e. The van der Waals surface area contributed by atoms with Crippen LogP contribution < -0.4 is 10.1 Å². The molecule has 0 saturated heterocycles. The lowest BCUT2D eigenvalue weighted by atomic mass is 9.84. The van der Waals surface area contributed by atoms with Crippen LogP contribution in [0.2, 0.25) is 0 Å². The number of aliphatic hydroxyl groups excluding tert-OH is 1. The van der Waals surface area contributed by atoms with Crippen molar-refractivity contribution in [3.05, 3.63) is 29.6 Å². The molecule has 1 rings (SSSR count). The summed E-state index contributed by atoms with van der Waals surface area (Å²) in [6.07, 6.45) is 1.76. The van der Waals surface area contributed by atoms with Gasteiger partial charge in [0.2, 0.25) is 0 Å². The van der Waals surface area contributed by atoms with E-state index in [0.717, 1.165) is 31.5 Å². The number of halogens is 1. The van der Waals surface area contributed by atoms with Gasteiger partial charge in [-0.2, -0.15) is 0 Å². The van der Waals surface area contributed by atoms with Crippen LogP contribution in [0.5, 0.6) is 5.75 Å².